The van der Waals surface area contributed by atoms with E-state index in [1.165, 1.54) is 0 Å². The number of nitrogens with zero attached hydrogens (tertiary/aromatic N) is 2. The van der Waals surface area contributed by atoms with Gasteiger partial charge in [0.1, 0.15) is 5.75 Å². The maximum Gasteiger partial charge on any atom is 0.223 e. The summed E-state index contributed by atoms with van der Waals surface area (Å²) >= 11 is 1.70. The Morgan fingerprint density at radius 2 is 2.00 bits per heavy atom. The van der Waals surface area contributed by atoms with Gasteiger partial charge in [0.25, 0.3) is 0 Å². The first-order valence-corrected chi connectivity index (χ1v) is 11.1. The molecule has 1 amide bonds. The lowest BCUT2D eigenvalue weighted by molar-refractivity contribution is -0.126. The van der Waals surface area contributed by atoms with E-state index in [1.54, 1.807) is 11.3 Å². The van der Waals surface area contributed by atoms with Gasteiger partial charge in [0.2, 0.25) is 5.91 Å². The zero-order valence-corrected chi connectivity index (χ0v) is 17.7. The third-order valence-corrected chi connectivity index (χ3v) is 6.53. The minimum Gasteiger partial charge on any atom is -0.494 e. The van der Waals surface area contributed by atoms with Crippen molar-refractivity contribution in [2.45, 2.75) is 32.7 Å². The van der Waals surface area contributed by atoms with Crippen molar-refractivity contribution in [2.24, 2.45) is 5.92 Å². The molecule has 3 aromatic rings. The van der Waals surface area contributed by atoms with E-state index in [0.717, 1.165) is 52.6 Å². The van der Waals surface area contributed by atoms with E-state index in [9.17, 15) is 4.79 Å². The normalized spacial score (nSPS) is 16.0. The molecule has 1 unspecified atom stereocenters. The SMILES string of the molecule is CCOc1ccc2nc(N3CCC(C(=O)NC(C)c4ccccc4)CC3)sc2c1. The average molecular weight is 410 g/mol. The molecular formula is C23H27N3O2S. The Balaban J connectivity index is 1.35. The summed E-state index contributed by atoms with van der Waals surface area (Å²) in [7, 11) is 0. The maximum atomic E-state index is 12.7. The molecule has 2 aromatic carbocycles. The highest BCUT2D eigenvalue weighted by molar-refractivity contribution is 7.22. The van der Waals surface area contributed by atoms with Gasteiger partial charge in [-0.15, -0.1) is 0 Å². The molecule has 6 heteroatoms. The fourth-order valence-corrected chi connectivity index (χ4v) is 4.82. The number of aromatic nitrogens is 1. The maximum absolute atomic E-state index is 12.7. The standard InChI is InChI=1S/C23H27N3O2S/c1-3-28-19-9-10-20-21(15-19)29-23(25-20)26-13-11-18(12-14-26)22(27)24-16(2)17-7-5-4-6-8-17/h4-10,15-16,18H,3,11-14H2,1-2H3,(H,24,27). The van der Waals surface area contributed by atoms with Crippen molar-refractivity contribution in [1.82, 2.24) is 10.3 Å². The van der Waals surface area contributed by atoms with E-state index in [4.69, 9.17) is 9.72 Å². The average Bonchev–Trinajstić information content (AvgIpc) is 3.18. The zero-order valence-electron chi connectivity index (χ0n) is 16.9. The Bertz CT molecular complexity index is 965. The van der Waals surface area contributed by atoms with Crippen LogP contribution in [0, 0.1) is 5.92 Å². The largest absolute Gasteiger partial charge is 0.494 e. The molecule has 1 saturated heterocycles. The van der Waals surface area contributed by atoms with Crippen LogP contribution >= 0.6 is 11.3 Å². The Labute approximate surface area is 175 Å². The van der Waals surface area contributed by atoms with Crippen LogP contribution < -0.4 is 15.0 Å². The van der Waals surface area contributed by atoms with Gasteiger partial charge < -0.3 is 15.0 Å². The van der Waals surface area contributed by atoms with Gasteiger partial charge in [-0.2, -0.15) is 0 Å². The second-order valence-electron chi connectivity index (χ2n) is 7.46. The van der Waals surface area contributed by atoms with Gasteiger partial charge in [-0.1, -0.05) is 41.7 Å². The molecule has 0 bridgehead atoms. The number of nitrogens with one attached hydrogen (secondary N) is 1. The lowest BCUT2D eigenvalue weighted by Crippen LogP contribution is -2.41. The van der Waals surface area contributed by atoms with Crippen LogP contribution in [0.5, 0.6) is 5.75 Å². The quantitative estimate of drug-likeness (QED) is 0.636. The van der Waals surface area contributed by atoms with Crippen LogP contribution in [-0.4, -0.2) is 30.6 Å². The molecule has 1 N–H and O–H groups in total. The number of anilines is 1. The van der Waals surface area contributed by atoms with Crippen molar-refractivity contribution in [3.05, 3.63) is 54.1 Å². The molecule has 1 aromatic heterocycles. The summed E-state index contributed by atoms with van der Waals surface area (Å²) in [5.41, 5.74) is 2.14. The monoisotopic (exact) mass is 409 g/mol. The van der Waals surface area contributed by atoms with Crippen LogP contribution in [0.4, 0.5) is 5.13 Å². The van der Waals surface area contributed by atoms with Crippen LogP contribution in [-0.2, 0) is 4.79 Å². The lowest BCUT2D eigenvalue weighted by atomic mass is 9.95. The first kappa shape index (κ1) is 19.7. The molecule has 29 heavy (non-hydrogen) atoms. The van der Waals surface area contributed by atoms with E-state index in [-0.39, 0.29) is 17.9 Å². The van der Waals surface area contributed by atoms with Gasteiger partial charge >= 0.3 is 0 Å². The number of hydrogen-bond acceptors (Lipinski definition) is 5. The van der Waals surface area contributed by atoms with E-state index >= 15 is 0 Å². The van der Waals surface area contributed by atoms with Crippen LogP contribution in [0.15, 0.2) is 48.5 Å². The van der Waals surface area contributed by atoms with Crippen LogP contribution in [0.1, 0.15) is 38.3 Å². The Morgan fingerprint density at radius 1 is 1.24 bits per heavy atom. The molecule has 1 aliphatic heterocycles. The van der Waals surface area contributed by atoms with Gasteiger partial charge in [-0.3, -0.25) is 4.79 Å². The molecule has 2 heterocycles. The number of piperidine rings is 1. The van der Waals surface area contributed by atoms with Crippen LogP contribution in [0.25, 0.3) is 10.2 Å². The van der Waals surface area contributed by atoms with Gasteiger partial charge in [0, 0.05) is 19.0 Å². The number of rotatable bonds is 6. The van der Waals surface area contributed by atoms with E-state index in [0.29, 0.717) is 6.61 Å². The first-order chi connectivity index (χ1) is 14.1. The summed E-state index contributed by atoms with van der Waals surface area (Å²) in [6.07, 6.45) is 1.71. The van der Waals surface area contributed by atoms with Crippen molar-refractivity contribution in [3.8, 4) is 5.75 Å². The lowest BCUT2D eigenvalue weighted by Gasteiger charge is -2.31. The molecule has 152 valence electrons. The molecule has 0 radical (unpaired) electrons. The third kappa shape index (κ3) is 4.53. The van der Waals surface area contributed by atoms with Crippen LogP contribution in [0.3, 0.4) is 0 Å². The van der Waals surface area contributed by atoms with Gasteiger partial charge in [0.15, 0.2) is 5.13 Å². The van der Waals surface area contributed by atoms with Crippen molar-refractivity contribution in [2.75, 3.05) is 24.6 Å². The Kier molecular flexibility index (Phi) is 6.00. The highest BCUT2D eigenvalue weighted by atomic mass is 32.1. The van der Waals surface area contributed by atoms with Crippen molar-refractivity contribution in [1.29, 1.82) is 0 Å². The number of thiazole rings is 1. The van der Waals surface area contributed by atoms with Crippen molar-refractivity contribution >= 4 is 32.6 Å². The number of amides is 1. The molecule has 0 aliphatic carbocycles. The summed E-state index contributed by atoms with van der Waals surface area (Å²) in [6, 6.07) is 16.2. The predicted molar refractivity (Wildman–Crippen MR) is 119 cm³/mol. The molecule has 1 aliphatic rings. The molecular weight excluding hydrogens is 382 g/mol. The summed E-state index contributed by atoms with van der Waals surface area (Å²) in [5, 5.41) is 4.21. The molecule has 0 spiro atoms. The molecule has 0 saturated carbocycles. The van der Waals surface area contributed by atoms with Crippen molar-refractivity contribution < 1.29 is 9.53 Å². The minimum absolute atomic E-state index is 0.0329. The van der Waals surface area contributed by atoms with E-state index in [1.807, 2.05) is 44.2 Å². The second kappa shape index (κ2) is 8.82. The Morgan fingerprint density at radius 3 is 2.72 bits per heavy atom. The highest BCUT2D eigenvalue weighted by Gasteiger charge is 2.27. The van der Waals surface area contributed by atoms with Gasteiger partial charge in [0.05, 0.1) is 22.9 Å². The number of benzene rings is 2. The number of fused-ring (bicyclic) bond motifs is 1. The third-order valence-electron chi connectivity index (χ3n) is 5.45. The van der Waals surface area contributed by atoms with Crippen LogP contribution in [0.2, 0.25) is 0 Å². The summed E-state index contributed by atoms with van der Waals surface area (Å²) in [4.78, 5) is 19.8. The van der Waals surface area contributed by atoms with E-state index in [2.05, 4.69) is 28.4 Å². The highest BCUT2D eigenvalue weighted by Crippen LogP contribution is 2.33. The number of hydrogen-bond donors (Lipinski definition) is 1. The summed E-state index contributed by atoms with van der Waals surface area (Å²) < 4.78 is 6.73. The van der Waals surface area contributed by atoms with E-state index < -0.39 is 0 Å². The summed E-state index contributed by atoms with van der Waals surface area (Å²) in [6.45, 7) is 6.41. The number of ether oxygens (including phenoxy) is 1. The Hall–Kier alpha value is -2.60. The predicted octanol–water partition coefficient (Wildman–Crippen LogP) is 4.79. The summed E-state index contributed by atoms with van der Waals surface area (Å²) in [5.74, 6) is 1.11. The number of carbonyl (C=O) groups is 1. The molecule has 5 nitrogen and oxygen atoms in total. The fourth-order valence-electron chi connectivity index (χ4n) is 3.77. The van der Waals surface area contributed by atoms with Gasteiger partial charge in [-0.05, 0) is 50.5 Å². The molecule has 4 rings (SSSR count). The second-order valence-corrected chi connectivity index (χ2v) is 8.47. The minimum atomic E-state index is 0.0329. The zero-order chi connectivity index (χ0) is 20.2. The fraction of sp³-hybridized carbons (Fsp3) is 0.391. The topological polar surface area (TPSA) is 54.5 Å². The van der Waals surface area contributed by atoms with Gasteiger partial charge in [-0.25, -0.2) is 4.98 Å². The van der Waals surface area contributed by atoms with Crippen molar-refractivity contribution in [3.63, 3.8) is 0 Å². The smallest absolute Gasteiger partial charge is 0.223 e. The number of carbonyl (C=O) groups excluding carboxylic acids is 1. The molecule has 1 atom stereocenters. The molecule has 1 fully saturated rings. The first-order valence-electron chi connectivity index (χ1n) is 10.3.